The van der Waals surface area contributed by atoms with Gasteiger partial charge in [-0.1, -0.05) is 12.1 Å². The van der Waals surface area contributed by atoms with Crippen LogP contribution in [0.2, 0.25) is 0 Å². The number of methoxy groups -OCH3 is 3. The summed E-state index contributed by atoms with van der Waals surface area (Å²) in [6.45, 7) is 1.23. The molecule has 3 aromatic rings. The minimum atomic E-state index is -3.67. The van der Waals surface area contributed by atoms with Crippen LogP contribution in [-0.2, 0) is 19.7 Å². The molecule has 0 spiro atoms. The van der Waals surface area contributed by atoms with Crippen molar-refractivity contribution in [3.8, 4) is 17.2 Å². The molecule has 2 saturated heterocycles. The van der Waals surface area contributed by atoms with E-state index in [2.05, 4.69) is 4.98 Å². The van der Waals surface area contributed by atoms with Crippen molar-refractivity contribution in [1.82, 2.24) is 14.9 Å². The van der Waals surface area contributed by atoms with Crippen molar-refractivity contribution in [2.24, 2.45) is 0 Å². The first-order valence-corrected chi connectivity index (χ1v) is 15.1. The van der Waals surface area contributed by atoms with Gasteiger partial charge in [0.25, 0.3) is 10.1 Å². The number of hydrogen-bond acceptors (Lipinski definition) is 11. The van der Waals surface area contributed by atoms with E-state index in [4.69, 9.17) is 29.5 Å². The molecule has 13 nitrogen and oxygen atoms in total. The fourth-order valence-corrected chi connectivity index (χ4v) is 5.28. The van der Waals surface area contributed by atoms with Gasteiger partial charge in [-0.25, -0.2) is 4.98 Å². The summed E-state index contributed by atoms with van der Waals surface area (Å²) in [7, 11) is 1.08. The maximum absolute atomic E-state index is 13.1. The molecular weight excluding hydrogens is 566 g/mol. The summed E-state index contributed by atoms with van der Waals surface area (Å²) < 4.78 is 41.8. The average molecular weight is 602 g/mol. The normalized spacial score (nSPS) is 16.7. The Labute approximate surface area is 244 Å². The largest absolute Gasteiger partial charge is 0.497 e. The molecule has 2 aromatic carbocycles. The smallest absolute Gasteiger partial charge is 0.261 e. The zero-order valence-corrected chi connectivity index (χ0v) is 24.8. The molecule has 3 N–H and O–H groups in total. The Morgan fingerprint density at radius 3 is 1.98 bits per heavy atom. The second-order valence-corrected chi connectivity index (χ2v) is 11.6. The van der Waals surface area contributed by atoms with Gasteiger partial charge in [-0.2, -0.15) is 13.4 Å². The van der Waals surface area contributed by atoms with Crippen LogP contribution in [0.1, 0.15) is 37.2 Å². The lowest BCUT2D eigenvalue weighted by Gasteiger charge is -2.40. The number of likely N-dealkylation sites (tertiary alicyclic amines) is 1. The molecule has 1 aromatic heterocycles. The van der Waals surface area contributed by atoms with Gasteiger partial charge in [0.15, 0.2) is 11.5 Å². The molecule has 3 heterocycles. The van der Waals surface area contributed by atoms with E-state index in [1.165, 1.54) is 4.90 Å². The first-order valence-electron chi connectivity index (χ1n) is 13.3. The Morgan fingerprint density at radius 2 is 1.45 bits per heavy atom. The molecule has 0 bridgehead atoms. The molecule has 2 amide bonds. The standard InChI is InChI=1S/C27H31N5O5.CH4O3S/c1-35-19-6-4-16(5-7-19)17-12-24(33)32(25(34)13-17)18-8-10-31(11-9-18)27-29-21-15-23(37-3)22(36-2)14-20(21)26(28)30-27;1-5(2,3)4/h4-7,14-15,17-18H,8-13H2,1-3H3,(H2,28,29,30);1H3,(H,2,3,4). The topological polar surface area (TPSA) is 174 Å². The second kappa shape index (κ2) is 12.8. The van der Waals surface area contributed by atoms with Crippen LogP contribution in [0, 0.1) is 0 Å². The van der Waals surface area contributed by atoms with Crippen LogP contribution in [-0.4, -0.2) is 86.4 Å². The number of imide groups is 1. The maximum Gasteiger partial charge on any atom is 0.261 e. The number of aromatic nitrogens is 2. The molecule has 226 valence electrons. The number of nitrogens with zero attached hydrogens (tertiary/aromatic N) is 4. The van der Waals surface area contributed by atoms with Gasteiger partial charge in [0, 0.05) is 49.3 Å². The van der Waals surface area contributed by atoms with Crippen LogP contribution in [0.3, 0.4) is 0 Å². The van der Waals surface area contributed by atoms with Crippen molar-refractivity contribution in [3.05, 3.63) is 42.0 Å². The summed E-state index contributed by atoms with van der Waals surface area (Å²) in [5, 5.41) is 0.687. The third-order valence-corrected chi connectivity index (χ3v) is 7.30. The number of fused-ring (bicyclic) bond motifs is 1. The number of rotatable bonds is 6. The van der Waals surface area contributed by atoms with Crippen molar-refractivity contribution in [2.75, 3.05) is 51.3 Å². The fourth-order valence-electron chi connectivity index (χ4n) is 5.28. The van der Waals surface area contributed by atoms with Crippen molar-refractivity contribution in [3.63, 3.8) is 0 Å². The van der Waals surface area contributed by atoms with Crippen LogP contribution in [0.5, 0.6) is 17.2 Å². The molecule has 2 aliphatic heterocycles. The summed E-state index contributed by atoms with van der Waals surface area (Å²) in [6, 6.07) is 11.0. The lowest BCUT2D eigenvalue weighted by atomic mass is 9.87. The first-order chi connectivity index (χ1) is 19.9. The van der Waals surface area contributed by atoms with E-state index in [1.807, 2.05) is 29.2 Å². The van der Waals surface area contributed by atoms with Crippen LogP contribution >= 0.6 is 0 Å². The van der Waals surface area contributed by atoms with Crippen molar-refractivity contribution in [2.45, 2.75) is 37.6 Å². The van der Waals surface area contributed by atoms with Gasteiger partial charge in [-0.3, -0.25) is 19.0 Å². The van der Waals surface area contributed by atoms with Gasteiger partial charge in [-0.15, -0.1) is 0 Å². The summed E-state index contributed by atoms with van der Waals surface area (Å²) in [4.78, 5) is 38.9. The maximum atomic E-state index is 13.1. The Balaban J connectivity index is 0.000000748. The van der Waals surface area contributed by atoms with Crippen LogP contribution in [0.15, 0.2) is 36.4 Å². The number of hydrogen-bond donors (Lipinski definition) is 2. The molecular formula is C28H35N5O8S. The van der Waals surface area contributed by atoms with Crippen LogP contribution in [0.4, 0.5) is 11.8 Å². The number of carbonyl (C=O) groups is 2. The highest BCUT2D eigenvalue weighted by Crippen LogP contribution is 2.36. The lowest BCUT2D eigenvalue weighted by molar-refractivity contribution is -0.152. The second-order valence-electron chi connectivity index (χ2n) is 10.1. The van der Waals surface area contributed by atoms with Crippen molar-refractivity contribution in [1.29, 1.82) is 0 Å². The first kappa shape index (κ1) is 30.8. The highest BCUT2D eigenvalue weighted by atomic mass is 32.2. The lowest BCUT2D eigenvalue weighted by Crippen LogP contribution is -2.52. The predicted molar refractivity (Wildman–Crippen MR) is 157 cm³/mol. The highest BCUT2D eigenvalue weighted by molar-refractivity contribution is 7.85. The van der Waals surface area contributed by atoms with Gasteiger partial charge in [-0.05, 0) is 36.6 Å². The summed E-state index contributed by atoms with van der Waals surface area (Å²) in [6.07, 6.45) is 2.67. The zero-order chi connectivity index (χ0) is 30.6. The molecule has 42 heavy (non-hydrogen) atoms. The van der Waals surface area contributed by atoms with Crippen LogP contribution in [0.25, 0.3) is 10.9 Å². The van der Waals surface area contributed by atoms with E-state index in [0.29, 0.717) is 79.2 Å². The van der Waals surface area contributed by atoms with E-state index < -0.39 is 10.1 Å². The van der Waals surface area contributed by atoms with Crippen molar-refractivity contribution >= 4 is 44.6 Å². The van der Waals surface area contributed by atoms with Gasteiger partial charge in [0.2, 0.25) is 17.8 Å². The zero-order valence-electron chi connectivity index (χ0n) is 23.9. The molecule has 0 saturated carbocycles. The molecule has 14 heteroatoms. The molecule has 0 unspecified atom stereocenters. The summed E-state index contributed by atoms with van der Waals surface area (Å²) >= 11 is 0. The summed E-state index contributed by atoms with van der Waals surface area (Å²) in [5.41, 5.74) is 7.90. The van der Waals surface area contributed by atoms with Gasteiger partial charge in [0.05, 0.1) is 33.1 Å². The minimum Gasteiger partial charge on any atom is -0.497 e. The number of nitrogen functional groups attached to an aromatic ring is 1. The molecule has 2 fully saturated rings. The van der Waals surface area contributed by atoms with E-state index in [9.17, 15) is 18.0 Å². The Bertz CT molecular complexity index is 1530. The number of amides is 2. The average Bonchev–Trinajstić information content (AvgIpc) is 2.95. The number of benzene rings is 2. The van der Waals surface area contributed by atoms with Gasteiger partial charge in [0.1, 0.15) is 11.6 Å². The molecule has 0 atom stereocenters. The number of carbonyl (C=O) groups excluding carboxylic acids is 2. The quantitative estimate of drug-likeness (QED) is 0.313. The minimum absolute atomic E-state index is 0.105. The third-order valence-electron chi connectivity index (χ3n) is 7.30. The number of anilines is 2. The van der Waals surface area contributed by atoms with E-state index >= 15 is 0 Å². The number of piperidine rings is 2. The molecule has 0 radical (unpaired) electrons. The third kappa shape index (κ3) is 7.18. The number of ether oxygens (including phenoxy) is 3. The Hall–Kier alpha value is -4.17. The highest BCUT2D eigenvalue weighted by Gasteiger charge is 2.39. The molecule has 2 aliphatic rings. The van der Waals surface area contributed by atoms with E-state index in [-0.39, 0.29) is 23.8 Å². The van der Waals surface area contributed by atoms with Crippen molar-refractivity contribution < 1.29 is 36.8 Å². The predicted octanol–water partition coefficient (Wildman–Crippen LogP) is 2.64. The van der Waals surface area contributed by atoms with E-state index in [1.54, 1.807) is 33.5 Å². The summed E-state index contributed by atoms with van der Waals surface area (Å²) in [5.74, 6) is 2.43. The fraction of sp³-hybridized carbons (Fsp3) is 0.429. The van der Waals surface area contributed by atoms with Crippen LogP contribution < -0.4 is 24.8 Å². The molecule has 0 aliphatic carbocycles. The number of nitrogens with two attached hydrogens (primary N) is 1. The van der Waals surface area contributed by atoms with E-state index in [0.717, 1.165) is 11.3 Å². The monoisotopic (exact) mass is 601 g/mol. The van der Waals surface area contributed by atoms with Gasteiger partial charge < -0.3 is 24.8 Å². The molecule has 5 rings (SSSR count). The Kier molecular flexibility index (Phi) is 9.36. The SMILES string of the molecule is COc1ccc(C2CC(=O)N(C3CCN(c4nc(N)c5cc(OC)c(OC)cc5n4)CC3)C(=O)C2)cc1.CS(=O)(=O)O. The Morgan fingerprint density at radius 1 is 0.905 bits per heavy atom. The van der Waals surface area contributed by atoms with Gasteiger partial charge >= 0.3 is 0 Å².